The van der Waals surface area contributed by atoms with E-state index in [1.807, 2.05) is 0 Å². The number of nitrogens with one attached hydrogen (secondary N) is 1. The van der Waals surface area contributed by atoms with Crippen molar-refractivity contribution < 1.29 is 17.6 Å². The Kier molecular flexibility index (Phi) is 2.77. The second-order valence-corrected chi connectivity index (χ2v) is 2.92. The van der Waals surface area contributed by atoms with Gasteiger partial charge in [-0.2, -0.15) is 18.4 Å². The van der Waals surface area contributed by atoms with Crippen LogP contribution in [0.5, 0.6) is 0 Å². The van der Waals surface area contributed by atoms with Gasteiger partial charge in [-0.25, -0.2) is 4.39 Å². The lowest BCUT2D eigenvalue weighted by Crippen LogP contribution is -2.22. The fourth-order valence-corrected chi connectivity index (χ4v) is 1.20. The average molecular weight is 238 g/mol. The van der Waals surface area contributed by atoms with Crippen molar-refractivity contribution in [3.63, 3.8) is 0 Å². The second kappa shape index (κ2) is 3.58. The molecule has 0 saturated carbocycles. The molecule has 0 spiro atoms. The molecule has 80 valence electrons. The average Bonchev–Trinajstić information content (AvgIpc) is 2.08. The molecule has 0 fully saturated rings. The molecule has 1 rings (SSSR count). The lowest BCUT2D eigenvalue weighted by molar-refractivity contribution is -0.140. The van der Waals surface area contributed by atoms with Crippen LogP contribution in [0.1, 0.15) is 11.1 Å². The van der Waals surface area contributed by atoms with E-state index in [0.29, 0.717) is 0 Å². The summed E-state index contributed by atoms with van der Waals surface area (Å²) in [5.41, 5.74) is -4.49. The number of hydrogen-bond donors (Lipinski definition) is 2. The lowest BCUT2D eigenvalue weighted by Gasteiger charge is -2.10. The topological polar surface area (TPSA) is 56.6 Å². The Morgan fingerprint density at radius 2 is 1.93 bits per heavy atom. The summed E-state index contributed by atoms with van der Waals surface area (Å²) in [5, 5.41) is 7.78. The van der Waals surface area contributed by atoms with E-state index in [4.69, 9.17) is 5.26 Å². The molecule has 1 heterocycles. The molecule has 0 radical (unpaired) electrons. The minimum absolute atomic E-state index is 0.615. The van der Waals surface area contributed by atoms with Crippen molar-refractivity contribution in [3.8, 4) is 6.07 Å². The fourth-order valence-electron chi connectivity index (χ4n) is 0.942. The van der Waals surface area contributed by atoms with Gasteiger partial charge in [0.25, 0.3) is 5.56 Å². The zero-order valence-electron chi connectivity index (χ0n) is 6.81. The molecule has 0 bridgehead atoms. The van der Waals surface area contributed by atoms with Gasteiger partial charge in [0.15, 0.2) is 0 Å². The Morgan fingerprint density at radius 3 is 2.33 bits per heavy atom. The molecule has 0 amide bonds. The van der Waals surface area contributed by atoms with Crippen molar-refractivity contribution in [2.45, 2.75) is 11.2 Å². The van der Waals surface area contributed by atoms with Crippen molar-refractivity contribution in [2.75, 3.05) is 0 Å². The van der Waals surface area contributed by atoms with Crippen LogP contribution >= 0.6 is 12.6 Å². The molecule has 0 aliphatic carbocycles. The third kappa shape index (κ3) is 1.97. The normalized spacial score (nSPS) is 11.2. The molecule has 1 aromatic heterocycles. The first-order chi connectivity index (χ1) is 6.79. The highest BCUT2D eigenvalue weighted by atomic mass is 32.1. The summed E-state index contributed by atoms with van der Waals surface area (Å²) in [6.45, 7) is 0. The van der Waals surface area contributed by atoms with Crippen molar-refractivity contribution in [2.24, 2.45) is 0 Å². The highest BCUT2D eigenvalue weighted by molar-refractivity contribution is 7.80. The molecular weight excluding hydrogens is 236 g/mol. The van der Waals surface area contributed by atoms with Gasteiger partial charge in [-0.15, -0.1) is 12.6 Å². The van der Waals surface area contributed by atoms with Crippen LogP contribution in [-0.4, -0.2) is 4.98 Å². The summed E-state index contributed by atoms with van der Waals surface area (Å²) in [6, 6.07) is 1.13. The van der Waals surface area contributed by atoms with Gasteiger partial charge in [0.05, 0.1) is 10.6 Å². The van der Waals surface area contributed by atoms with E-state index < -0.39 is 33.7 Å². The monoisotopic (exact) mass is 238 g/mol. The zero-order valence-corrected chi connectivity index (χ0v) is 7.71. The Balaban J connectivity index is 3.77. The number of nitrogens with zero attached hydrogens (tertiary/aromatic N) is 1. The quantitative estimate of drug-likeness (QED) is 0.533. The van der Waals surface area contributed by atoms with Gasteiger partial charge in [-0.1, -0.05) is 0 Å². The van der Waals surface area contributed by atoms with E-state index in [1.54, 1.807) is 4.98 Å². The number of halogens is 4. The van der Waals surface area contributed by atoms with Crippen molar-refractivity contribution in [1.29, 1.82) is 5.26 Å². The number of aromatic nitrogens is 1. The van der Waals surface area contributed by atoms with Crippen molar-refractivity contribution in [3.05, 3.63) is 27.3 Å². The highest BCUT2D eigenvalue weighted by Gasteiger charge is 2.39. The molecule has 8 heteroatoms. The summed E-state index contributed by atoms with van der Waals surface area (Å²) in [4.78, 5) is 12.4. The number of rotatable bonds is 0. The van der Waals surface area contributed by atoms with Gasteiger partial charge in [-0.3, -0.25) is 4.79 Å². The number of pyridine rings is 1. The van der Waals surface area contributed by atoms with Crippen molar-refractivity contribution in [1.82, 2.24) is 4.98 Å². The van der Waals surface area contributed by atoms with E-state index in [2.05, 4.69) is 12.6 Å². The Labute approximate surface area is 85.8 Å². The first kappa shape index (κ1) is 11.6. The van der Waals surface area contributed by atoms with E-state index in [9.17, 15) is 22.4 Å². The number of aromatic amines is 1. The largest absolute Gasteiger partial charge is 0.420 e. The van der Waals surface area contributed by atoms with Crippen molar-refractivity contribution >= 4 is 12.6 Å². The third-order valence-corrected chi connectivity index (χ3v) is 1.87. The van der Waals surface area contributed by atoms with Crippen LogP contribution in [0.4, 0.5) is 17.6 Å². The summed E-state index contributed by atoms with van der Waals surface area (Å²) in [6.07, 6.45) is -5.11. The van der Waals surface area contributed by atoms with Gasteiger partial charge >= 0.3 is 6.18 Å². The van der Waals surface area contributed by atoms with Crippen LogP contribution in [0.3, 0.4) is 0 Å². The van der Waals surface area contributed by atoms with E-state index >= 15 is 0 Å². The Hall–Kier alpha value is -1.49. The number of hydrogen-bond acceptors (Lipinski definition) is 3. The van der Waals surface area contributed by atoms with Gasteiger partial charge in [0, 0.05) is 0 Å². The smallest absolute Gasteiger partial charge is 0.314 e. The second-order valence-electron chi connectivity index (χ2n) is 2.48. The Morgan fingerprint density at radius 1 is 1.40 bits per heavy atom. The van der Waals surface area contributed by atoms with Crippen LogP contribution < -0.4 is 5.56 Å². The summed E-state index contributed by atoms with van der Waals surface area (Å²) in [5.74, 6) is -2.03. The van der Waals surface area contributed by atoms with E-state index in [-0.39, 0.29) is 0 Å². The maximum Gasteiger partial charge on any atom is 0.420 e. The van der Waals surface area contributed by atoms with Gasteiger partial charge < -0.3 is 4.98 Å². The van der Waals surface area contributed by atoms with Gasteiger partial charge in [0.1, 0.15) is 11.6 Å². The van der Waals surface area contributed by atoms with E-state index in [1.165, 1.54) is 0 Å². The molecule has 0 atom stereocenters. The molecule has 1 aromatic rings. The van der Waals surface area contributed by atoms with Crippen LogP contribution in [0.2, 0.25) is 0 Å². The van der Waals surface area contributed by atoms with Crippen LogP contribution in [-0.2, 0) is 6.18 Å². The third-order valence-electron chi connectivity index (χ3n) is 1.53. The SMILES string of the molecule is N#Cc1c(S)[nH]c(=O)c(F)c1C(F)(F)F. The first-order valence-corrected chi connectivity index (χ1v) is 3.85. The molecule has 3 nitrogen and oxygen atoms in total. The van der Waals surface area contributed by atoms with Gasteiger partial charge in [-0.05, 0) is 0 Å². The number of thiol groups is 1. The summed E-state index contributed by atoms with van der Waals surface area (Å²) in [7, 11) is 0. The van der Waals surface area contributed by atoms with E-state index in [0.717, 1.165) is 6.07 Å². The minimum atomic E-state index is -5.11. The van der Waals surface area contributed by atoms with Gasteiger partial charge in [0.2, 0.25) is 5.82 Å². The maximum absolute atomic E-state index is 12.9. The zero-order chi connectivity index (χ0) is 11.8. The molecule has 0 aliphatic rings. The minimum Gasteiger partial charge on any atom is -0.314 e. The molecule has 15 heavy (non-hydrogen) atoms. The number of H-pyrrole nitrogens is 1. The maximum atomic E-state index is 12.9. The molecule has 0 aliphatic heterocycles. The van der Waals surface area contributed by atoms with Crippen LogP contribution in [0.25, 0.3) is 0 Å². The number of alkyl halides is 3. The standard InChI is InChI=1S/C7H2F4N2OS/c8-4-3(7(9,10)11)2(1-12)6(15)13-5(4)14/h(H2,13,14,15). The lowest BCUT2D eigenvalue weighted by atomic mass is 10.1. The predicted octanol–water partition coefficient (Wildman–Crippen LogP) is 1.69. The number of nitriles is 1. The molecule has 0 unspecified atom stereocenters. The molecule has 0 saturated heterocycles. The highest BCUT2D eigenvalue weighted by Crippen LogP contribution is 2.34. The Bertz CT molecular complexity index is 499. The predicted molar refractivity (Wildman–Crippen MR) is 44.0 cm³/mol. The summed E-state index contributed by atoms with van der Waals surface area (Å²) >= 11 is 3.45. The summed E-state index contributed by atoms with van der Waals surface area (Å²) < 4.78 is 49.7. The molecular formula is C7H2F4N2OS. The first-order valence-electron chi connectivity index (χ1n) is 3.41. The van der Waals surface area contributed by atoms with Crippen LogP contribution in [0.15, 0.2) is 9.82 Å². The fraction of sp³-hybridized carbons (Fsp3) is 0.143. The molecule has 1 N–H and O–H groups in total. The van der Waals surface area contributed by atoms with Crippen LogP contribution in [0, 0.1) is 17.1 Å². The molecule has 0 aromatic carbocycles.